The fourth-order valence-electron chi connectivity index (χ4n) is 1.04. The molecular weight excluding hydrogens is 236 g/mol. The predicted molar refractivity (Wildman–Crippen MR) is 56.1 cm³/mol. The molecule has 1 heterocycles. The van der Waals surface area contributed by atoms with E-state index >= 15 is 0 Å². The van der Waals surface area contributed by atoms with E-state index < -0.39 is 16.1 Å². The van der Waals surface area contributed by atoms with Crippen LogP contribution in [0.2, 0.25) is 0 Å². The number of allylic oxidation sites excluding steroid dienone is 1. The molecule has 1 N–H and O–H groups in total. The van der Waals surface area contributed by atoms with Crippen LogP contribution in [0.15, 0.2) is 16.9 Å². The molecule has 1 rings (SSSR count). The minimum absolute atomic E-state index is 0.226. The van der Waals surface area contributed by atoms with Gasteiger partial charge in [0.1, 0.15) is 5.70 Å². The molecule has 0 bridgehead atoms. The summed E-state index contributed by atoms with van der Waals surface area (Å²) in [6, 6.07) is 0. The third-order valence-electron chi connectivity index (χ3n) is 1.70. The van der Waals surface area contributed by atoms with Gasteiger partial charge < -0.3 is 10.1 Å². The van der Waals surface area contributed by atoms with Crippen LogP contribution in [0.25, 0.3) is 0 Å². The molecule has 0 radical (unpaired) electrons. The minimum atomic E-state index is -3.62. The van der Waals surface area contributed by atoms with Crippen LogP contribution < -0.4 is 5.32 Å². The van der Waals surface area contributed by atoms with Gasteiger partial charge >= 0.3 is 16.1 Å². The van der Waals surface area contributed by atoms with Crippen molar-refractivity contribution in [3.05, 3.63) is 11.8 Å². The van der Waals surface area contributed by atoms with Gasteiger partial charge in [-0.1, -0.05) is 5.16 Å². The third kappa shape index (κ3) is 3.89. The fourth-order valence-corrected chi connectivity index (χ4v) is 1.27. The average Bonchev–Trinajstić information content (AvgIpc) is 2.25. The molecule has 1 aliphatic rings. The fraction of sp³-hybridized carbons (Fsp3) is 0.500. The molecular formula is C8H12N2O5S. The maximum atomic E-state index is 11.1. The highest BCUT2D eigenvalue weighted by molar-refractivity contribution is 7.85. The van der Waals surface area contributed by atoms with Gasteiger partial charge in [-0.2, -0.15) is 8.42 Å². The van der Waals surface area contributed by atoms with Crippen LogP contribution in [0, 0.1) is 0 Å². The lowest BCUT2D eigenvalue weighted by atomic mass is 10.1. The first-order valence-electron chi connectivity index (χ1n) is 4.42. The Balaban J connectivity index is 2.80. The summed E-state index contributed by atoms with van der Waals surface area (Å²) in [7, 11) is -2.37. The van der Waals surface area contributed by atoms with E-state index in [4.69, 9.17) is 0 Å². The number of nitrogens with zero attached hydrogens (tertiary/aromatic N) is 1. The summed E-state index contributed by atoms with van der Waals surface area (Å²) in [5.41, 5.74) is 0.592. The van der Waals surface area contributed by atoms with Crippen LogP contribution >= 0.6 is 0 Å². The zero-order chi connectivity index (χ0) is 12.2. The summed E-state index contributed by atoms with van der Waals surface area (Å²) in [6.45, 7) is 0.465. The van der Waals surface area contributed by atoms with Gasteiger partial charge in [0.25, 0.3) is 0 Å². The van der Waals surface area contributed by atoms with E-state index in [1.165, 1.54) is 13.2 Å². The Bertz CT molecular complexity index is 437. The van der Waals surface area contributed by atoms with Crippen molar-refractivity contribution in [2.45, 2.75) is 6.42 Å². The standard InChI is InChI=1S/C8H12N2O5S/c1-14-8(11)7-5-6(3-4-9-7)10-15-16(2,12)13/h5,9H,3-4H2,1-2H3. The van der Waals surface area contributed by atoms with Crippen LogP contribution in [0.5, 0.6) is 0 Å². The number of carbonyl (C=O) groups excluding carboxylic acids is 1. The number of hydrogen-bond acceptors (Lipinski definition) is 7. The van der Waals surface area contributed by atoms with Crippen LogP contribution in [0.3, 0.4) is 0 Å². The SMILES string of the molecule is COC(=O)C1=CC(=NOS(C)(=O)=O)CCN1. The number of esters is 1. The molecule has 0 aromatic carbocycles. The number of hydrogen-bond donors (Lipinski definition) is 1. The largest absolute Gasteiger partial charge is 0.464 e. The monoisotopic (exact) mass is 248 g/mol. The zero-order valence-corrected chi connectivity index (χ0v) is 9.70. The van der Waals surface area contributed by atoms with Crippen molar-refractivity contribution in [1.82, 2.24) is 5.32 Å². The topological polar surface area (TPSA) is 94.1 Å². The molecule has 0 spiro atoms. The Morgan fingerprint density at radius 1 is 1.56 bits per heavy atom. The van der Waals surface area contributed by atoms with E-state index in [0.717, 1.165) is 6.26 Å². The molecule has 0 unspecified atom stereocenters. The van der Waals surface area contributed by atoms with E-state index in [-0.39, 0.29) is 5.70 Å². The second-order valence-electron chi connectivity index (χ2n) is 3.09. The maximum Gasteiger partial charge on any atom is 0.354 e. The first-order chi connectivity index (χ1) is 7.42. The number of rotatable bonds is 3. The summed E-state index contributed by atoms with van der Waals surface area (Å²) < 4.78 is 30.1. The van der Waals surface area contributed by atoms with Crippen molar-refractivity contribution in [3.8, 4) is 0 Å². The molecule has 7 nitrogen and oxygen atoms in total. The van der Waals surface area contributed by atoms with Crippen molar-refractivity contribution < 1.29 is 22.2 Å². The number of oxime groups is 1. The van der Waals surface area contributed by atoms with Gasteiger partial charge in [-0.15, -0.1) is 0 Å². The Kier molecular flexibility index (Phi) is 3.88. The molecule has 90 valence electrons. The molecule has 0 amide bonds. The second kappa shape index (κ2) is 4.97. The van der Waals surface area contributed by atoms with Crippen LogP contribution in [-0.4, -0.2) is 40.0 Å². The summed E-state index contributed by atoms with van der Waals surface area (Å²) >= 11 is 0. The molecule has 0 aromatic rings. The third-order valence-corrected chi connectivity index (χ3v) is 2.05. The van der Waals surface area contributed by atoms with Gasteiger partial charge in [-0.3, -0.25) is 4.28 Å². The van der Waals surface area contributed by atoms with Gasteiger partial charge in [-0.05, 0) is 6.08 Å². The summed E-state index contributed by atoms with van der Waals surface area (Å²) in [6.07, 6.45) is 2.75. The predicted octanol–water partition coefficient (Wildman–Crippen LogP) is -0.631. The second-order valence-corrected chi connectivity index (χ2v) is 4.64. The van der Waals surface area contributed by atoms with Crippen molar-refractivity contribution in [2.75, 3.05) is 19.9 Å². The maximum absolute atomic E-state index is 11.1. The highest BCUT2D eigenvalue weighted by atomic mass is 32.2. The van der Waals surface area contributed by atoms with Crippen LogP contribution in [0.4, 0.5) is 0 Å². The average molecular weight is 248 g/mol. The van der Waals surface area contributed by atoms with Gasteiger partial charge in [0.2, 0.25) is 0 Å². The lowest BCUT2D eigenvalue weighted by molar-refractivity contribution is -0.136. The number of methoxy groups -OCH3 is 1. The highest BCUT2D eigenvalue weighted by Gasteiger charge is 2.15. The number of carbonyl (C=O) groups is 1. The Hall–Kier alpha value is -1.57. The normalized spacial score (nSPS) is 18.6. The summed E-state index contributed by atoms with van der Waals surface area (Å²) in [5.74, 6) is -0.535. The van der Waals surface area contributed by atoms with Crippen molar-refractivity contribution >= 4 is 21.8 Å². The molecule has 0 aliphatic carbocycles. The van der Waals surface area contributed by atoms with Crippen molar-refractivity contribution in [3.63, 3.8) is 0 Å². The lowest BCUT2D eigenvalue weighted by Crippen LogP contribution is -2.29. The zero-order valence-electron chi connectivity index (χ0n) is 8.89. The molecule has 16 heavy (non-hydrogen) atoms. The lowest BCUT2D eigenvalue weighted by Gasteiger charge is -2.14. The van der Waals surface area contributed by atoms with E-state index in [0.29, 0.717) is 18.7 Å². The smallest absolute Gasteiger partial charge is 0.354 e. The van der Waals surface area contributed by atoms with Gasteiger partial charge in [0.05, 0.1) is 19.1 Å². The number of nitrogens with one attached hydrogen (secondary N) is 1. The Morgan fingerprint density at radius 2 is 2.25 bits per heavy atom. The van der Waals surface area contributed by atoms with E-state index in [2.05, 4.69) is 19.5 Å². The Morgan fingerprint density at radius 3 is 2.81 bits per heavy atom. The molecule has 0 fully saturated rings. The summed E-state index contributed by atoms with van der Waals surface area (Å²) in [4.78, 5) is 11.1. The molecule has 0 atom stereocenters. The molecule has 0 saturated heterocycles. The molecule has 0 aromatic heterocycles. The van der Waals surface area contributed by atoms with Crippen LogP contribution in [0.1, 0.15) is 6.42 Å². The minimum Gasteiger partial charge on any atom is -0.464 e. The van der Waals surface area contributed by atoms with Crippen molar-refractivity contribution in [1.29, 1.82) is 0 Å². The summed E-state index contributed by atoms with van der Waals surface area (Å²) in [5, 5.41) is 6.22. The van der Waals surface area contributed by atoms with E-state index in [1.807, 2.05) is 0 Å². The Labute approximate surface area is 93.2 Å². The first kappa shape index (κ1) is 12.5. The first-order valence-corrected chi connectivity index (χ1v) is 6.23. The van der Waals surface area contributed by atoms with Gasteiger partial charge in [-0.25, -0.2) is 4.79 Å². The van der Waals surface area contributed by atoms with E-state index in [9.17, 15) is 13.2 Å². The van der Waals surface area contributed by atoms with Gasteiger partial charge in [0.15, 0.2) is 0 Å². The molecule has 8 heteroatoms. The van der Waals surface area contributed by atoms with E-state index in [1.54, 1.807) is 0 Å². The van der Waals surface area contributed by atoms with Crippen molar-refractivity contribution in [2.24, 2.45) is 5.16 Å². The highest BCUT2D eigenvalue weighted by Crippen LogP contribution is 2.04. The molecule has 1 aliphatic heterocycles. The van der Waals surface area contributed by atoms with Crippen LogP contribution in [-0.2, 0) is 23.9 Å². The number of ether oxygens (including phenoxy) is 1. The quantitative estimate of drug-likeness (QED) is 0.528. The van der Waals surface area contributed by atoms with Gasteiger partial charge in [0, 0.05) is 13.0 Å². The molecule has 0 saturated carbocycles.